The summed E-state index contributed by atoms with van der Waals surface area (Å²) in [5, 5.41) is 7.41. The zero-order valence-electron chi connectivity index (χ0n) is 12.7. The van der Waals surface area contributed by atoms with E-state index in [1.807, 2.05) is 14.0 Å². The average Bonchev–Trinajstić information content (AvgIpc) is 2.71. The van der Waals surface area contributed by atoms with E-state index >= 15 is 0 Å². The summed E-state index contributed by atoms with van der Waals surface area (Å²) in [6.45, 7) is 1.93. The molecule has 1 aromatic heterocycles. The molecule has 1 aromatic rings. The Morgan fingerprint density at radius 1 is 1.38 bits per heavy atom. The minimum atomic E-state index is 0. The highest BCUT2D eigenvalue weighted by atomic mass is 35.5. The van der Waals surface area contributed by atoms with E-state index in [1.165, 1.54) is 19.3 Å². The Morgan fingerprint density at radius 3 is 2.52 bits per heavy atom. The Kier molecular flexibility index (Phi) is 4.94. The van der Waals surface area contributed by atoms with Crippen molar-refractivity contribution in [2.45, 2.75) is 51.1 Å². The van der Waals surface area contributed by atoms with Crippen LogP contribution in [0.25, 0.3) is 0 Å². The minimum absolute atomic E-state index is 0. The fourth-order valence-electron chi connectivity index (χ4n) is 3.98. The van der Waals surface area contributed by atoms with Crippen molar-refractivity contribution < 1.29 is 4.79 Å². The quantitative estimate of drug-likeness (QED) is 0.874. The number of nitrogens with one attached hydrogen (secondary N) is 1. The Labute approximate surface area is 132 Å². The molecule has 2 bridgehead atoms. The number of aromatic nitrogens is 2. The average molecular weight is 313 g/mol. The molecule has 2 fully saturated rings. The Balaban J connectivity index is 0.00000161. The maximum absolute atomic E-state index is 12.5. The second-order valence-corrected chi connectivity index (χ2v) is 6.45. The molecular weight excluding hydrogens is 288 g/mol. The fraction of sp³-hybridized carbons (Fsp3) is 0.733. The highest BCUT2D eigenvalue weighted by Gasteiger charge is 2.40. The van der Waals surface area contributed by atoms with Gasteiger partial charge in [-0.1, -0.05) is 6.42 Å². The van der Waals surface area contributed by atoms with Crippen LogP contribution >= 0.6 is 12.4 Å². The second kappa shape index (κ2) is 6.36. The van der Waals surface area contributed by atoms with Gasteiger partial charge in [-0.3, -0.25) is 9.48 Å². The molecule has 0 aromatic carbocycles. The molecule has 21 heavy (non-hydrogen) atoms. The molecule has 2 aliphatic carbocycles. The number of halogens is 1. The smallest absolute Gasteiger partial charge is 0.254 e. The lowest BCUT2D eigenvalue weighted by Crippen LogP contribution is -2.53. The van der Waals surface area contributed by atoms with Crippen molar-refractivity contribution in [2.24, 2.45) is 24.6 Å². The van der Waals surface area contributed by atoms with Gasteiger partial charge in [0, 0.05) is 24.8 Å². The first kappa shape index (κ1) is 16.3. The second-order valence-electron chi connectivity index (χ2n) is 6.45. The van der Waals surface area contributed by atoms with E-state index in [0.717, 1.165) is 18.5 Å². The molecule has 6 heteroatoms. The molecular formula is C15H25ClN4O. The van der Waals surface area contributed by atoms with Crippen molar-refractivity contribution in [3.63, 3.8) is 0 Å². The number of fused-ring (bicyclic) bond motifs is 2. The number of nitrogens with zero attached hydrogens (tertiary/aromatic N) is 2. The molecule has 118 valence electrons. The predicted octanol–water partition coefficient (Wildman–Crippen LogP) is 1.79. The largest absolute Gasteiger partial charge is 0.349 e. The van der Waals surface area contributed by atoms with Crippen molar-refractivity contribution in [3.05, 3.63) is 17.5 Å². The van der Waals surface area contributed by atoms with E-state index in [9.17, 15) is 4.79 Å². The molecule has 0 saturated heterocycles. The van der Waals surface area contributed by atoms with Crippen LogP contribution in [-0.2, 0) is 7.05 Å². The van der Waals surface area contributed by atoms with E-state index in [4.69, 9.17) is 5.73 Å². The standard InChI is InChI=1S/C15H24N4O.ClH/c1-9-13(8-17-19(9)2)15(20)18-14-10-4-3-5-11(14)7-12(16)6-10;/h8,10-12,14H,3-7,16H2,1-2H3,(H,18,20);1H. The lowest BCUT2D eigenvalue weighted by atomic mass is 9.67. The summed E-state index contributed by atoms with van der Waals surface area (Å²) < 4.78 is 1.74. The molecule has 0 spiro atoms. The summed E-state index contributed by atoms with van der Waals surface area (Å²) in [7, 11) is 1.86. The zero-order chi connectivity index (χ0) is 14.3. The molecule has 5 nitrogen and oxygen atoms in total. The molecule has 2 saturated carbocycles. The van der Waals surface area contributed by atoms with Gasteiger partial charge in [0.05, 0.1) is 11.8 Å². The monoisotopic (exact) mass is 312 g/mol. The molecule has 0 aliphatic heterocycles. The van der Waals surface area contributed by atoms with Crippen LogP contribution in [0, 0.1) is 18.8 Å². The van der Waals surface area contributed by atoms with Crippen molar-refractivity contribution in [1.82, 2.24) is 15.1 Å². The van der Waals surface area contributed by atoms with E-state index in [-0.39, 0.29) is 18.3 Å². The molecule has 3 N–H and O–H groups in total. The van der Waals surface area contributed by atoms with Crippen molar-refractivity contribution in [2.75, 3.05) is 0 Å². The van der Waals surface area contributed by atoms with Crippen LogP contribution in [-0.4, -0.2) is 27.8 Å². The summed E-state index contributed by atoms with van der Waals surface area (Å²) >= 11 is 0. The van der Waals surface area contributed by atoms with Crippen LogP contribution in [0.4, 0.5) is 0 Å². The number of hydrogen-bond donors (Lipinski definition) is 2. The molecule has 2 unspecified atom stereocenters. The third-order valence-electron chi connectivity index (χ3n) is 5.15. The number of hydrogen-bond acceptors (Lipinski definition) is 3. The van der Waals surface area contributed by atoms with Gasteiger partial charge in [-0.05, 0) is 44.4 Å². The lowest BCUT2D eigenvalue weighted by molar-refractivity contribution is 0.0755. The van der Waals surface area contributed by atoms with Crippen molar-refractivity contribution >= 4 is 18.3 Å². The maximum atomic E-state index is 12.5. The molecule has 3 rings (SSSR count). The van der Waals surface area contributed by atoms with Gasteiger partial charge in [0.2, 0.25) is 0 Å². The Bertz CT molecular complexity index is 502. The van der Waals surface area contributed by atoms with E-state index < -0.39 is 0 Å². The minimum Gasteiger partial charge on any atom is -0.349 e. The van der Waals surface area contributed by atoms with Gasteiger partial charge >= 0.3 is 0 Å². The van der Waals surface area contributed by atoms with Crippen molar-refractivity contribution in [1.29, 1.82) is 0 Å². The molecule has 1 amide bonds. The number of nitrogens with two attached hydrogens (primary N) is 1. The Morgan fingerprint density at radius 2 is 2.00 bits per heavy atom. The van der Waals surface area contributed by atoms with E-state index in [0.29, 0.717) is 29.5 Å². The van der Waals surface area contributed by atoms with Crippen LogP contribution in [0.2, 0.25) is 0 Å². The number of rotatable bonds is 2. The normalized spacial score (nSPS) is 31.4. The highest BCUT2D eigenvalue weighted by Crippen LogP contribution is 2.39. The zero-order valence-corrected chi connectivity index (χ0v) is 13.5. The van der Waals surface area contributed by atoms with Gasteiger partial charge in [-0.15, -0.1) is 12.4 Å². The topological polar surface area (TPSA) is 72.9 Å². The third kappa shape index (κ3) is 3.09. The molecule has 2 aliphatic rings. The summed E-state index contributed by atoms with van der Waals surface area (Å²) in [6, 6.07) is 0.620. The number of carbonyl (C=O) groups is 1. The van der Waals surface area contributed by atoms with E-state index in [1.54, 1.807) is 10.9 Å². The predicted molar refractivity (Wildman–Crippen MR) is 84.5 cm³/mol. The first-order chi connectivity index (χ1) is 9.56. The number of amides is 1. The summed E-state index contributed by atoms with van der Waals surface area (Å²) in [5.41, 5.74) is 7.74. The van der Waals surface area contributed by atoms with Crippen LogP contribution in [0.5, 0.6) is 0 Å². The molecule has 2 atom stereocenters. The number of aryl methyl sites for hydroxylation is 1. The first-order valence-electron chi connectivity index (χ1n) is 7.61. The van der Waals surface area contributed by atoms with Crippen LogP contribution in [0.3, 0.4) is 0 Å². The maximum Gasteiger partial charge on any atom is 0.254 e. The van der Waals surface area contributed by atoms with Gasteiger partial charge in [-0.25, -0.2) is 0 Å². The summed E-state index contributed by atoms with van der Waals surface area (Å²) in [5.74, 6) is 1.13. The summed E-state index contributed by atoms with van der Waals surface area (Å²) in [4.78, 5) is 12.5. The van der Waals surface area contributed by atoms with Gasteiger partial charge in [0.1, 0.15) is 0 Å². The lowest BCUT2D eigenvalue weighted by Gasteiger charge is -2.45. The van der Waals surface area contributed by atoms with Gasteiger partial charge in [0.25, 0.3) is 5.91 Å². The van der Waals surface area contributed by atoms with Crippen LogP contribution < -0.4 is 11.1 Å². The Hall–Kier alpha value is -1.07. The highest BCUT2D eigenvalue weighted by molar-refractivity contribution is 5.95. The van der Waals surface area contributed by atoms with Crippen LogP contribution in [0.1, 0.15) is 48.2 Å². The van der Waals surface area contributed by atoms with Crippen LogP contribution in [0.15, 0.2) is 6.20 Å². The van der Waals surface area contributed by atoms with Crippen molar-refractivity contribution in [3.8, 4) is 0 Å². The number of carbonyl (C=O) groups excluding carboxylic acids is 1. The van der Waals surface area contributed by atoms with Gasteiger partial charge < -0.3 is 11.1 Å². The van der Waals surface area contributed by atoms with E-state index in [2.05, 4.69) is 10.4 Å². The first-order valence-corrected chi connectivity index (χ1v) is 7.61. The summed E-state index contributed by atoms with van der Waals surface area (Å²) in [6.07, 6.45) is 7.43. The fourth-order valence-corrected chi connectivity index (χ4v) is 3.98. The molecule has 1 heterocycles. The molecule has 0 radical (unpaired) electrons. The third-order valence-corrected chi connectivity index (χ3v) is 5.15. The van der Waals surface area contributed by atoms with Gasteiger partial charge in [0.15, 0.2) is 0 Å². The SMILES string of the molecule is Cc1c(C(=O)NC2C3CCCC2CC(N)C3)cnn1C.Cl. The van der Waals surface area contributed by atoms with Gasteiger partial charge in [-0.2, -0.15) is 5.10 Å².